The van der Waals surface area contributed by atoms with Crippen molar-refractivity contribution in [3.8, 4) is 0 Å². The summed E-state index contributed by atoms with van der Waals surface area (Å²) in [4.78, 5) is 14.3. The number of carbonyl (C=O) groups is 1. The van der Waals surface area contributed by atoms with Crippen LogP contribution in [0.4, 0.5) is 16.2 Å². The number of anilines is 2. The van der Waals surface area contributed by atoms with Crippen molar-refractivity contribution in [2.24, 2.45) is 0 Å². The molecule has 0 saturated carbocycles. The molecule has 3 rings (SSSR count). The number of rotatable bonds is 4. The van der Waals surface area contributed by atoms with E-state index in [-0.39, 0.29) is 12.7 Å². The van der Waals surface area contributed by atoms with E-state index in [9.17, 15) is 9.90 Å². The molecule has 1 amide bonds. The first kappa shape index (κ1) is 16.3. The minimum absolute atomic E-state index is 0.225. The zero-order valence-electron chi connectivity index (χ0n) is 13.5. The first-order valence-electron chi connectivity index (χ1n) is 8.22. The van der Waals surface area contributed by atoms with E-state index < -0.39 is 6.09 Å². The quantitative estimate of drug-likeness (QED) is 0.904. The summed E-state index contributed by atoms with van der Waals surface area (Å²) in [6, 6.07) is 17.3. The van der Waals surface area contributed by atoms with Crippen LogP contribution in [0.5, 0.6) is 0 Å². The van der Waals surface area contributed by atoms with Gasteiger partial charge in [0.05, 0.1) is 17.5 Å². The van der Waals surface area contributed by atoms with Crippen LogP contribution in [0.25, 0.3) is 0 Å². The van der Waals surface area contributed by atoms with Gasteiger partial charge in [-0.2, -0.15) is 0 Å². The molecule has 1 aliphatic heterocycles. The number of piperidine rings is 1. The number of ether oxygens (including phenoxy) is 1. The third-order valence-electron chi connectivity index (χ3n) is 4.16. The van der Waals surface area contributed by atoms with Crippen LogP contribution in [0.3, 0.4) is 0 Å². The number of para-hydroxylation sites is 2. The van der Waals surface area contributed by atoms with Crippen LogP contribution in [-0.4, -0.2) is 30.4 Å². The van der Waals surface area contributed by atoms with Gasteiger partial charge >= 0.3 is 6.09 Å². The van der Waals surface area contributed by atoms with Gasteiger partial charge in [0.25, 0.3) is 0 Å². The number of hydrogen-bond acceptors (Lipinski definition) is 4. The molecule has 0 spiro atoms. The highest BCUT2D eigenvalue weighted by Gasteiger charge is 2.20. The molecule has 0 aliphatic carbocycles. The first-order valence-corrected chi connectivity index (χ1v) is 8.22. The Labute approximate surface area is 141 Å². The summed E-state index contributed by atoms with van der Waals surface area (Å²) >= 11 is 0. The Morgan fingerprint density at radius 3 is 2.50 bits per heavy atom. The summed E-state index contributed by atoms with van der Waals surface area (Å²) in [6.07, 6.45) is 0.792. The Kier molecular flexibility index (Phi) is 5.33. The predicted molar refractivity (Wildman–Crippen MR) is 94.1 cm³/mol. The molecule has 2 aromatic rings. The zero-order chi connectivity index (χ0) is 16.8. The number of hydrogen-bond donors (Lipinski definition) is 2. The molecule has 1 saturated heterocycles. The van der Waals surface area contributed by atoms with Crippen LogP contribution in [-0.2, 0) is 11.3 Å². The Bertz CT molecular complexity index is 667. The highest BCUT2D eigenvalue weighted by Crippen LogP contribution is 2.28. The SMILES string of the molecule is O=C(Nc1ccccc1N1CCC(O)CC1)OCc1ccccc1. The second-order valence-corrected chi connectivity index (χ2v) is 5.92. The summed E-state index contributed by atoms with van der Waals surface area (Å²) in [6.45, 7) is 1.79. The molecular formula is C19H22N2O3. The molecule has 5 heteroatoms. The van der Waals surface area contributed by atoms with E-state index in [2.05, 4.69) is 10.2 Å². The second kappa shape index (κ2) is 7.84. The topological polar surface area (TPSA) is 61.8 Å². The monoisotopic (exact) mass is 326 g/mol. The van der Waals surface area contributed by atoms with Gasteiger partial charge in [-0.05, 0) is 30.5 Å². The molecule has 0 radical (unpaired) electrons. The smallest absolute Gasteiger partial charge is 0.412 e. The third-order valence-corrected chi connectivity index (χ3v) is 4.16. The van der Waals surface area contributed by atoms with Crippen molar-refractivity contribution in [1.82, 2.24) is 0 Å². The third kappa shape index (κ3) is 4.26. The summed E-state index contributed by atoms with van der Waals surface area (Å²) in [7, 11) is 0. The second-order valence-electron chi connectivity index (χ2n) is 5.92. The zero-order valence-corrected chi connectivity index (χ0v) is 13.5. The minimum atomic E-state index is -0.469. The van der Waals surface area contributed by atoms with Crippen LogP contribution in [0.1, 0.15) is 18.4 Å². The van der Waals surface area contributed by atoms with Crippen molar-refractivity contribution in [3.05, 3.63) is 60.2 Å². The maximum absolute atomic E-state index is 12.1. The van der Waals surface area contributed by atoms with E-state index in [1.54, 1.807) is 0 Å². The van der Waals surface area contributed by atoms with Gasteiger partial charge in [-0.25, -0.2) is 4.79 Å². The summed E-state index contributed by atoms with van der Waals surface area (Å²) < 4.78 is 5.28. The molecule has 1 fully saturated rings. The fraction of sp³-hybridized carbons (Fsp3) is 0.316. The van der Waals surface area contributed by atoms with Crippen LogP contribution >= 0.6 is 0 Å². The molecule has 5 nitrogen and oxygen atoms in total. The average molecular weight is 326 g/mol. The summed E-state index contributed by atoms with van der Waals surface area (Å²) in [5.41, 5.74) is 2.64. The van der Waals surface area contributed by atoms with Crippen molar-refractivity contribution in [2.45, 2.75) is 25.6 Å². The Hall–Kier alpha value is -2.53. The van der Waals surface area contributed by atoms with Gasteiger partial charge in [-0.1, -0.05) is 42.5 Å². The van der Waals surface area contributed by atoms with Crippen molar-refractivity contribution in [2.75, 3.05) is 23.3 Å². The lowest BCUT2D eigenvalue weighted by atomic mass is 10.1. The number of carbonyl (C=O) groups excluding carboxylic acids is 1. The van der Waals surface area contributed by atoms with E-state index in [1.165, 1.54) is 0 Å². The van der Waals surface area contributed by atoms with E-state index >= 15 is 0 Å². The molecular weight excluding hydrogens is 304 g/mol. The predicted octanol–water partition coefficient (Wildman–Crippen LogP) is 3.40. The van der Waals surface area contributed by atoms with Crippen LogP contribution in [0.2, 0.25) is 0 Å². The van der Waals surface area contributed by atoms with Crippen LogP contribution in [0, 0.1) is 0 Å². The minimum Gasteiger partial charge on any atom is -0.444 e. The molecule has 0 atom stereocenters. The van der Waals surface area contributed by atoms with Gasteiger partial charge in [0, 0.05) is 13.1 Å². The average Bonchev–Trinajstić information content (AvgIpc) is 2.62. The van der Waals surface area contributed by atoms with Crippen molar-refractivity contribution in [3.63, 3.8) is 0 Å². The van der Waals surface area contributed by atoms with Crippen molar-refractivity contribution in [1.29, 1.82) is 0 Å². The van der Waals surface area contributed by atoms with E-state index in [1.807, 2.05) is 54.6 Å². The maximum atomic E-state index is 12.1. The number of amides is 1. The maximum Gasteiger partial charge on any atom is 0.412 e. The molecule has 0 unspecified atom stereocenters. The molecule has 126 valence electrons. The lowest BCUT2D eigenvalue weighted by molar-refractivity contribution is 0.145. The van der Waals surface area contributed by atoms with Crippen molar-refractivity contribution < 1.29 is 14.6 Å². The summed E-state index contributed by atoms with van der Waals surface area (Å²) in [5, 5.41) is 12.5. The van der Waals surface area contributed by atoms with E-state index in [0.29, 0.717) is 0 Å². The molecule has 2 N–H and O–H groups in total. The molecule has 1 heterocycles. The Morgan fingerprint density at radius 1 is 1.08 bits per heavy atom. The van der Waals surface area contributed by atoms with Gasteiger partial charge in [-0.15, -0.1) is 0 Å². The van der Waals surface area contributed by atoms with Gasteiger partial charge < -0.3 is 14.7 Å². The van der Waals surface area contributed by atoms with Gasteiger partial charge in [-0.3, -0.25) is 5.32 Å². The normalized spacial score (nSPS) is 15.1. The van der Waals surface area contributed by atoms with Crippen molar-refractivity contribution >= 4 is 17.5 Å². The van der Waals surface area contributed by atoms with Gasteiger partial charge in [0.15, 0.2) is 0 Å². The molecule has 0 aromatic heterocycles. The van der Waals surface area contributed by atoms with Gasteiger partial charge in [0.2, 0.25) is 0 Å². The molecule has 1 aliphatic rings. The molecule has 2 aromatic carbocycles. The van der Waals surface area contributed by atoms with Crippen LogP contribution < -0.4 is 10.2 Å². The standard InChI is InChI=1S/C19H22N2O3/c22-16-10-12-21(13-11-16)18-9-5-4-8-17(18)20-19(23)24-14-15-6-2-1-3-7-15/h1-9,16,22H,10-14H2,(H,20,23). The Balaban J connectivity index is 1.61. The number of benzene rings is 2. The molecule has 0 bridgehead atoms. The number of aliphatic hydroxyl groups excluding tert-OH is 1. The molecule has 24 heavy (non-hydrogen) atoms. The fourth-order valence-corrected chi connectivity index (χ4v) is 2.83. The number of nitrogens with zero attached hydrogens (tertiary/aromatic N) is 1. The number of nitrogens with one attached hydrogen (secondary N) is 1. The lowest BCUT2D eigenvalue weighted by Crippen LogP contribution is -2.36. The largest absolute Gasteiger partial charge is 0.444 e. The van der Waals surface area contributed by atoms with E-state index in [0.717, 1.165) is 42.9 Å². The highest BCUT2D eigenvalue weighted by atomic mass is 16.5. The first-order chi connectivity index (χ1) is 11.7. The van der Waals surface area contributed by atoms with E-state index in [4.69, 9.17) is 4.74 Å². The number of aliphatic hydroxyl groups is 1. The van der Waals surface area contributed by atoms with Crippen LogP contribution in [0.15, 0.2) is 54.6 Å². The lowest BCUT2D eigenvalue weighted by Gasteiger charge is -2.32. The summed E-state index contributed by atoms with van der Waals surface area (Å²) in [5.74, 6) is 0. The highest BCUT2D eigenvalue weighted by molar-refractivity contribution is 5.89. The fourth-order valence-electron chi connectivity index (χ4n) is 2.83. The van der Waals surface area contributed by atoms with Gasteiger partial charge in [0.1, 0.15) is 6.61 Å². The Morgan fingerprint density at radius 2 is 1.75 bits per heavy atom.